The van der Waals surface area contributed by atoms with E-state index in [0.29, 0.717) is 18.2 Å². The minimum Gasteiger partial charge on any atom is -0.439 e. The van der Waals surface area contributed by atoms with Crippen molar-refractivity contribution in [1.82, 2.24) is 4.98 Å². The van der Waals surface area contributed by atoms with Crippen LogP contribution in [0.1, 0.15) is 16.8 Å². The van der Waals surface area contributed by atoms with E-state index in [-0.39, 0.29) is 6.61 Å². The fourth-order valence-electron chi connectivity index (χ4n) is 1.84. The molecule has 1 aromatic carbocycles. The summed E-state index contributed by atoms with van der Waals surface area (Å²) in [4.78, 5) is 4.29. The third-order valence-corrected chi connectivity index (χ3v) is 2.60. The molecular weight excluding hydrogens is 242 g/mol. The molecular formula is C15H17NO3. The highest BCUT2D eigenvalue weighted by Crippen LogP contribution is 2.22. The van der Waals surface area contributed by atoms with Crippen molar-refractivity contribution in [3.8, 4) is 11.6 Å². The van der Waals surface area contributed by atoms with Crippen LogP contribution in [0, 0.1) is 6.92 Å². The van der Waals surface area contributed by atoms with Gasteiger partial charge in [-0.05, 0) is 36.2 Å². The number of pyridine rings is 1. The van der Waals surface area contributed by atoms with Crippen LogP contribution in [-0.4, -0.2) is 17.2 Å². The number of benzene rings is 1. The zero-order chi connectivity index (χ0) is 13.7. The summed E-state index contributed by atoms with van der Waals surface area (Å²) in [6, 6.07) is 11.2. The molecule has 0 saturated heterocycles. The van der Waals surface area contributed by atoms with Crippen molar-refractivity contribution in [2.45, 2.75) is 20.1 Å². The second-order valence-electron chi connectivity index (χ2n) is 4.30. The number of aliphatic hydroxyl groups is 1. The fourth-order valence-corrected chi connectivity index (χ4v) is 1.84. The van der Waals surface area contributed by atoms with Crippen molar-refractivity contribution in [1.29, 1.82) is 0 Å². The SMILES string of the molecule is COCc1cccc(Oc2cc(CO)cc(C)n2)c1. The van der Waals surface area contributed by atoms with E-state index < -0.39 is 0 Å². The van der Waals surface area contributed by atoms with Crippen molar-refractivity contribution < 1.29 is 14.6 Å². The van der Waals surface area contributed by atoms with Crippen molar-refractivity contribution in [2.75, 3.05) is 7.11 Å². The smallest absolute Gasteiger partial charge is 0.219 e. The van der Waals surface area contributed by atoms with Gasteiger partial charge in [-0.2, -0.15) is 0 Å². The van der Waals surface area contributed by atoms with E-state index >= 15 is 0 Å². The number of ether oxygens (including phenoxy) is 2. The second kappa shape index (κ2) is 6.31. The monoisotopic (exact) mass is 259 g/mol. The first-order chi connectivity index (χ1) is 9.21. The lowest BCUT2D eigenvalue weighted by Crippen LogP contribution is -1.94. The molecule has 0 bridgehead atoms. The molecule has 1 N–H and O–H groups in total. The summed E-state index contributed by atoms with van der Waals surface area (Å²) in [6.45, 7) is 2.39. The fraction of sp³-hybridized carbons (Fsp3) is 0.267. The molecule has 0 atom stereocenters. The van der Waals surface area contributed by atoms with Crippen LogP contribution in [-0.2, 0) is 18.0 Å². The van der Waals surface area contributed by atoms with Gasteiger partial charge in [0.15, 0.2) is 0 Å². The zero-order valence-corrected chi connectivity index (χ0v) is 11.1. The Bertz CT molecular complexity index is 555. The molecule has 0 spiro atoms. The maximum Gasteiger partial charge on any atom is 0.219 e. The van der Waals surface area contributed by atoms with Gasteiger partial charge in [-0.3, -0.25) is 0 Å². The lowest BCUT2D eigenvalue weighted by molar-refractivity contribution is 0.184. The molecule has 4 heteroatoms. The van der Waals surface area contributed by atoms with Crippen LogP contribution in [0.15, 0.2) is 36.4 Å². The van der Waals surface area contributed by atoms with Gasteiger partial charge in [0.1, 0.15) is 5.75 Å². The Kier molecular flexibility index (Phi) is 4.49. The third kappa shape index (κ3) is 3.77. The van der Waals surface area contributed by atoms with Gasteiger partial charge in [-0.25, -0.2) is 4.98 Å². The molecule has 0 aliphatic heterocycles. The van der Waals surface area contributed by atoms with E-state index in [9.17, 15) is 0 Å². The molecule has 19 heavy (non-hydrogen) atoms. The lowest BCUT2D eigenvalue weighted by Gasteiger charge is -2.08. The van der Waals surface area contributed by atoms with E-state index in [1.165, 1.54) is 0 Å². The van der Waals surface area contributed by atoms with E-state index in [2.05, 4.69) is 4.98 Å². The topological polar surface area (TPSA) is 51.6 Å². The molecule has 4 nitrogen and oxygen atoms in total. The number of hydrogen-bond acceptors (Lipinski definition) is 4. The van der Waals surface area contributed by atoms with Crippen LogP contribution in [0.5, 0.6) is 11.6 Å². The molecule has 1 heterocycles. The van der Waals surface area contributed by atoms with Crippen molar-refractivity contribution in [3.05, 3.63) is 53.2 Å². The predicted octanol–water partition coefficient (Wildman–Crippen LogP) is 2.82. The second-order valence-corrected chi connectivity index (χ2v) is 4.30. The Hall–Kier alpha value is -1.91. The van der Waals surface area contributed by atoms with E-state index in [0.717, 1.165) is 16.8 Å². The predicted molar refractivity (Wildman–Crippen MR) is 72.1 cm³/mol. The van der Waals surface area contributed by atoms with Gasteiger partial charge in [0.25, 0.3) is 0 Å². The maximum absolute atomic E-state index is 9.17. The van der Waals surface area contributed by atoms with Crippen LogP contribution >= 0.6 is 0 Å². The highest BCUT2D eigenvalue weighted by atomic mass is 16.5. The zero-order valence-electron chi connectivity index (χ0n) is 11.1. The van der Waals surface area contributed by atoms with Gasteiger partial charge in [-0.15, -0.1) is 0 Å². The molecule has 0 unspecified atom stereocenters. The number of nitrogens with zero attached hydrogens (tertiary/aromatic N) is 1. The number of aliphatic hydroxyl groups excluding tert-OH is 1. The van der Waals surface area contributed by atoms with Crippen LogP contribution in [0.3, 0.4) is 0 Å². The Balaban J connectivity index is 2.20. The number of hydrogen-bond donors (Lipinski definition) is 1. The molecule has 2 aromatic rings. The summed E-state index contributed by atoms with van der Waals surface area (Å²) < 4.78 is 10.8. The largest absolute Gasteiger partial charge is 0.439 e. The third-order valence-electron chi connectivity index (χ3n) is 2.60. The average Bonchev–Trinajstić information content (AvgIpc) is 2.39. The molecule has 1 aromatic heterocycles. The van der Waals surface area contributed by atoms with Crippen LogP contribution in [0.2, 0.25) is 0 Å². The summed E-state index contributed by atoms with van der Waals surface area (Å²) in [6.07, 6.45) is 0. The van der Waals surface area contributed by atoms with E-state index in [1.807, 2.05) is 37.3 Å². The normalized spacial score (nSPS) is 10.5. The molecule has 0 aliphatic carbocycles. The first-order valence-corrected chi connectivity index (χ1v) is 6.05. The van der Waals surface area contributed by atoms with E-state index in [1.54, 1.807) is 13.2 Å². The van der Waals surface area contributed by atoms with E-state index in [4.69, 9.17) is 14.6 Å². The van der Waals surface area contributed by atoms with Gasteiger partial charge < -0.3 is 14.6 Å². The molecule has 2 rings (SSSR count). The molecule has 0 saturated carbocycles. The van der Waals surface area contributed by atoms with Crippen molar-refractivity contribution in [3.63, 3.8) is 0 Å². The van der Waals surface area contributed by atoms with Gasteiger partial charge in [0.2, 0.25) is 5.88 Å². The molecule has 0 amide bonds. The van der Waals surface area contributed by atoms with Crippen molar-refractivity contribution >= 4 is 0 Å². The van der Waals surface area contributed by atoms with Crippen LogP contribution < -0.4 is 4.74 Å². The average molecular weight is 259 g/mol. The minimum atomic E-state index is -0.0244. The van der Waals surface area contributed by atoms with Gasteiger partial charge in [0.05, 0.1) is 13.2 Å². The summed E-state index contributed by atoms with van der Waals surface area (Å²) in [5, 5.41) is 9.17. The van der Waals surface area contributed by atoms with Crippen LogP contribution in [0.25, 0.3) is 0 Å². The summed E-state index contributed by atoms with van der Waals surface area (Å²) in [7, 11) is 1.66. The molecule has 100 valence electrons. The quantitative estimate of drug-likeness (QED) is 0.897. The molecule has 0 fully saturated rings. The maximum atomic E-state index is 9.17. The van der Waals surface area contributed by atoms with Gasteiger partial charge in [-0.1, -0.05) is 12.1 Å². The summed E-state index contributed by atoms with van der Waals surface area (Å²) >= 11 is 0. The highest BCUT2D eigenvalue weighted by molar-refractivity contribution is 5.33. The minimum absolute atomic E-state index is 0.0244. The first kappa shape index (κ1) is 13.5. The number of aromatic nitrogens is 1. The highest BCUT2D eigenvalue weighted by Gasteiger charge is 2.03. The van der Waals surface area contributed by atoms with Gasteiger partial charge >= 0.3 is 0 Å². The molecule has 0 aliphatic rings. The number of rotatable bonds is 5. The van der Waals surface area contributed by atoms with Crippen LogP contribution in [0.4, 0.5) is 0 Å². The van der Waals surface area contributed by atoms with Crippen molar-refractivity contribution in [2.24, 2.45) is 0 Å². The number of methoxy groups -OCH3 is 1. The lowest BCUT2D eigenvalue weighted by atomic mass is 10.2. The number of aryl methyl sites for hydroxylation is 1. The Labute approximate surface area is 112 Å². The molecule has 0 radical (unpaired) electrons. The first-order valence-electron chi connectivity index (χ1n) is 6.05. The standard InChI is InChI=1S/C15H17NO3/c1-11-6-13(9-17)8-15(16-11)19-14-5-3-4-12(7-14)10-18-2/h3-8,17H,9-10H2,1-2H3. The Morgan fingerprint density at radius 3 is 2.74 bits per heavy atom. The van der Waals surface area contributed by atoms with Gasteiger partial charge in [0, 0.05) is 18.9 Å². The summed E-state index contributed by atoms with van der Waals surface area (Å²) in [5.74, 6) is 1.19. The Morgan fingerprint density at radius 2 is 2.00 bits per heavy atom. The summed E-state index contributed by atoms with van der Waals surface area (Å²) in [5.41, 5.74) is 2.64. The Morgan fingerprint density at radius 1 is 1.16 bits per heavy atom.